The van der Waals surface area contributed by atoms with Crippen LogP contribution in [0.3, 0.4) is 0 Å². The van der Waals surface area contributed by atoms with E-state index in [2.05, 4.69) is 40.7 Å². The second-order valence-corrected chi connectivity index (χ2v) is 7.85. The van der Waals surface area contributed by atoms with E-state index >= 15 is 0 Å². The van der Waals surface area contributed by atoms with Crippen molar-refractivity contribution in [2.75, 3.05) is 17.2 Å². The van der Waals surface area contributed by atoms with E-state index in [0.717, 1.165) is 39.3 Å². The molecule has 1 aliphatic heterocycles. The molecule has 7 heteroatoms. The highest BCUT2D eigenvalue weighted by atomic mass is 16.5. The zero-order chi connectivity index (χ0) is 22.1. The Labute approximate surface area is 186 Å². The first-order valence-corrected chi connectivity index (χ1v) is 10.4. The molecule has 2 aromatic heterocycles. The van der Waals surface area contributed by atoms with Gasteiger partial charge in [0.05, 0.1) is 29.1 Å². The third kappa shape index (κ3) is 3.80. The normalized spacial score (nSPS) is 12.6. The molecule has 0 spiro atoms. The van der Waals surface area contributed by atoms with E-state index < -0.39 is 0 Å². The smallest absolute Gasteiger partial charge is 0.262 e. The summed E-state index contributed by atoms with van der Waals surface area (Å²) >= 11 is 0. The van der Waals surface area contributed by atoms with Crippen LogP contribution >= 0.6 is 0 Å². The molecule has 0 fully saturated rings. The number of ether oxygens (including phenoxy) is 1. The number of carbonyl (C=O) groups excluding carboxylic acids is 1. The van der Waals surface area contributed by atoms with Gasteiger partial charge in [-0.15, -0.1) is 0 Å². The van der Waals surface area contributed by atoms with Gasteiger partial charge in [0.25, 0.3) is 5.91 Å². The molecule has 160 valence electrons. The van der Waals surface area contributed by atoms with E-state index in [-0.39, 0.29) is 12.5 Å². The second-order valence-electron chi connectivity index (χ2n) is 7.85. The molecule has 3 heterocycles. The third-order valence-corrected chi connectivity index (χ3v) is 5.54. The molecule has 4 aromatic rings. The van der Waals surface area contributed by atoms with Crippen molar-refractivity contribution in [3.8, 4) is 28.3 Å². The van der Waals surface area contributed by atoms with Gasteiger partial charge in [0, 0.05) is 37.1 Å². The minimum absolute atomic E-state index is 0.0276. The summed E-state index contributed by atoms with van der Waals surface area (Å²) in [6.07, 6.45) is 5.40. The van der Waals surface area contributed by atoms with Gasteiger partial charge in [0.2, 0.25) is 0 Å². The van der Waals surface area contributed by atoms with Gasteiger partial charge in [0.15, 0.2) is 6.61 Å². The number of aryl methyl sites for hydroxylation is 2. The molecule has 1 amide bonds. The summed E-state index contributed by atoms with van der Waals surface area (Å²) in [5.41, 5.74) is 7.94. The van der Waals surface area contributed by atoms with Crippen molar-refractivity contribution in [3.05, 3.63) is 78.4 Å². The minimum atomic E-state index is -0.140. The minimum Gasteiger partial charge on any atom is -0.482 e. The first-order valence-electron chi connectivity index (χ1n) is 10.4. The molecule has 0 radical (unpaired) electrons. The van der Waals surface area contributed by atoms with Crippen LogP contribution in [0.2, 0.25) is 0 Å². The molecule has 5 rings (SSSR count). The van der Waals surface area contributed by atoms with Gasteiger partial charge < -0.3 is 19.9 Å². The Balaban J connectivity index is 1.49. The van der Waals surface area contributed by atoms with Crippen LogP contribution in [-0.4, -0.2) is 27.0 Å². The molecule has 0 bridgehead atoms. The summed E-state index contributed by atoms with van der Waals surface area (Å²) in [6.45, 7) is 2.81. The SMILES string of the molecule is Cc1ccc(CNc2cccnc2)cc1-c1ncn(C)c1-c1ccc2c(c1)OCC(=O)N2. The van der Waals surface area contributed by atoms with Crippen LogP contribution in [0, 0.1) is 6.92 Å². The predicted octanol–water partition coefficient (Wildman–Crippen LogP) is 4.40. The summed E-state index contributed by atoms with van der Waals surface area (Å²) in [5.74, 6) is 0.527. The largest absolute Gasteiger partial charge is 0.482 e. The topological polar surface area (TPSA) is 81.1 Å². The van der Waals surface area contributed by atoms with E-state index in [1.54, 1.807) is 6.20 Å². The van der Waals surface area contributed by atoms with Crippen molar-refractivity contribution in [1.82, 2.24) is 14.5 Å². The zero-order valence-corrected chi connectivity index (χ0v) is 17.9. The molecular formula is C25H23N5O2. The number of hydrogen-bond donors (Lipinski definition) is 2. The molecule has 0 saturated carbocycles. The van der Waals surface area contributed by atoms with E-state index in [9.17, 15) is 4.79 Å². The van der Waals surface area contributed by atoms with Crippen LogP contribution in [0.1, 0.15) is 11.1 Å². The number of anilines is 2. The average Bonchev–Trinajstić information content (AvgIpc) is 3.20. The number of pyridine rings is 1. The molecule has 32 heavy (non-hydrogen) atoms. The highest BCUT2D eigenvalue weighted by Gasteiger charge is 2.20. The summed E-state index contributed by atoms with van der Waals surface area (Å²) in [6, 6.07) is 16.2. The van der Waals surface area contributed by atoms with Gasteiger partial charge in [-0.1, -0.05) is 18.2 Å². The average molecular weight is 425 g/mol. The fourth-order valence-electron chi connectivity index (χ4n) is 3.90. The maximum absolute atomic E-state index is 11.6. The van der Waals surface area contributed by atoms with E-state index in [0.29, 0.717) is 18.0 Å². The van der Waals surface area contributed by atoms with Gasteiger partial charge in [-0.25, -0.2) is 4.98 Å². The highest BCUT2D eigenvalue weighted by Crippen LogP contribution is 2.37. The maximum Gasteiger partial charge on any atom is 0.262 e. The highest BCUT2D eigenvalue weighted by molar-refractivity contribution is 5.96. The van der Waals surface area contributed by atoms with E-state index in [1.807, 2.05) is 54.5 Å². The Morgan fingerprint density at radius 1 is 1.19 bits per heavy atom. The van der Waals surface area contributed by atoms with Gasteiger partial charge in [-0.05, 0) is 48.4 Å². The lowest BCUT2D eigenvalue weighted by Crippen LogP contribution is -2.25. The number of rotatable bonds is 5. The third-order valence-electron chi connectivity index (χ3n) is 5.54. The number of hydrogen-bond acceptors (Lipinski definition) is 5. The van der Waals surface area contributed by atoms with Crippen molar-refractivity contribution in [2.45, 2.75) is 13.5 Å². The van der Waals surface area contributed by atoms with Crippen molar-refractivity contribution >= 4 is 17.3 Å². The Bertz CT molecular complexity index is 1300. The molecule has 0 unspecified atom stereocenters. The molecule has 0 aliphatic carbocycles. The van der Waals surface area contributed by atoms with Crippen molar-refractivity contribution in [3.63, 3.8) is 0 Å². The molecule has 2 aromatic carbocycles. The Morgan fingerprint density at radius 3 is 2.94 bits per heavy atom. The van der Waals surface area contributed by atoms with Gasteiger partial charge in [0.1, 0.15) is 5.75 Å². The number of amides is 1. The predicted molar refractivity (Wildman–Crippen MR) is 125 cm³/mol. The molecule has 0 atom stereocenters. The van der Waals surface area contributed by atoms with Gasteiger partial charge >= 0.3 is 0 Å². The summed E-state index contributed by atoms with van der Waals surface area (Å²) in [4.78, 5) is 20.5. The van der Waals surface area contributed by atoms with Crippen LogP contribution < -0.4 is 15.4 Å². The van der Waals surface area contributed by atoms with Crippen LogP contribution in [0.25, 0.3) is 22.5 Å². The first kappa shape index (κ1) is 19.8. The molecule has 2 N–H and O–H groups in total. The van der Waals surface area contributed by atoms with Crippen molar-refractivity contribution in [1.29, 1.82) is 0 Å². The Kier molecular flexibility index (Phi) is 5.07. The fraction of sp³-hybridized carbons (Fsp3) is 0.160. The van der Waals surface area contributed by atoms with Gasteiger partial charge in [-0.3, -0.25) is 9.78 Å². The summed E-state index contributed by atoms with van der Waals surface area (Å²) in [5, 5.41) is 6.25. The molecule has 1 aliphatic rings. The summed E-state index contributed by atoms with van der Waals surface area (Å²) in [7, 11) is 1.98. The molecule has 7 nitrogen and oxygen atoms in total. The number of carbonyl (C=O) groups is 1. The Morgan fingerprint density at radius 2 is 2.09 bits per heavy atom. The van der Waals surface area contributed by atoms with Gasteiger partial charge in [-0.2, -0.15) is 0 Å². The maximum atomic E-state index is 11.6. The number of nitrogens with one attached hydrogen (secondary N) is 2. The van der Waals surface area contributed by atoms with Crippen LogP contribution in [0.5, 0.6) is 5.75 Å². The monoisotopic (exact) mass is 425 g/mol. The standard InChI is InChI=1S/C25H23N5O2/c1-16-5-6-17(12-27-19-4-3-9-26-13-19)10-20(16)24-25(30(2)15-28-24)18-7-8-21-22(11-18)32-14-23(31)29-21/h3-11,13,15,27H,12,14H2,1-2H3,(H,29,31). The van der Waals surface area contributed by atoms with Crippen LogP contribution in [0.15, 0.2) is 67.3 Å². The molecule has 0 saturated heterocycles. The lowest BCUT2D eigenvalue weighted by atomic mass is 9.98. The number of fused-ring (bicyclic) bond motifs is 1. The second kappa shape index (κ2) is 8.19. The Hall–Kier alpha value is -4.13. The lowest BCUT2D eigenvalue weighted by Gasteiger charge is -2.19. The number of aromatic nitrogens is 3. The number of benzene rings is 2. The van der Waals surface area contributed by atoms with Crippen LogP contribution in [-0.2, 0) is 18.4 Å². The fourth-order valence-corrected chi connectivity index (χ4v) is 3.90. The quantitative estimate of drug-likeness (QED) is 0.495. The van der Waals surface area contributed by atoms with E-state index in [1.165, 1.54) is 0 Å². The van der Waals surface area contributed by atoms with Crippen molar-refractivity contribution < 1.29 is 9.53 Å². The molecular weight excluding hydrogens is 402 g/mol. The lowest BCUT2D eigenvalue weighted by molar-refractivity contribution is -0.118. The summed E-state index contributed by atoms with van der Waals surface area (Å²) < 4.78 is 7.63. The number of nitrogens with zero attached hydrogens (tertiary/aromatic N) is 3. The van der Waals surface area contributed by atoms with Crippen LogP contribution in [0.4, 0.5) is 11.4 Å². The van der Waals surface area contributed by atoms with Crippen molar-refractivity contribution in [2.24, 2.45) is 7.05 Å². The van der Waals surface area contributed by atoms with E-state index in [4.69, 9.17) is 9.72 Å². The zero-order valence-electron chi connectivity index (χ0n) is 17.9. The number of imidazole rings is 1. The first-order chi connectivity index (χ1) is 15.6.